The number of oxazole rings is 1. The van der Waals surface area contributed by atoms with Crippen molar-refractivity contribution in [3.05, 3.63) is 42.3 Å². The average Bonchev–Trinajstić information content (AvgIpc) is 2.68. The molecule has 1 aromatic rings. The van der Waals surface area contributed by atoms with Crippen LogP contribution in [0.1, 0.15) is 22.5 Å². The van der Waals surface area contributed by atoms with Gasteiger partial charge in [-0.2, -0.15) is 0 Å². The summed E-state index contributed by atoms with van der Waals surface area (Å²) in [7, 11) is 0. The first-order valence-corrected chi connectivity index (χ1v) is 4.01. The number of hydrogen-bond donors (Lipinski definition) is 1. The minimum atomic E-state index is -0.640. The van der Waals surface area contributed by atoms with Crippen molar-refractivity contribution in [2.24, 2.45) is 5.73 Å². The standard InChI is InChI=1S/C9H8N2O3/c10-8(12)7-5-11-9(14-7)6-3-1-2-4-13-6/h1-6H,(H2,10,12). The summed E-state index contributed by atoms with van der Waals surface area (Å²) in [6.07, 6.45) is 7.74. The Morgan fingerprint density at radius 3 is 2.93 bits per heavy atom. The number of rotatable bonds is 2. The van der Waals surface area contributed by atoms with E-state index in [0.29, 0.717) is 5.89 Å². The summed E-state index contributed by atoms with van der Waals surface area (Å²) in [5, 5.41) is 0. The van der Waals surface area contributed by atoms with Gasteiger partial charge in [0, 0.05) is 0 Å². The predicted molar refractivity (Wildman–Crippen MR) is 47.1 cm³/mol. The van der Waals surface area contributed by atoms with Crippen molar-refractivity contribution < 1.29 is 13.9 Å². The van der Waals surface area contributed by atoms with Gasteiger partial charge in [0.05, 0.1) is 12.5 Å². The van der Waals surface area contributed by atoms with Gasteiger partial charge in [0.25, 0.3) is 5.91 Å². The van der Waals surface area contributed by atoms with Crippen LogP contribution in [0.5, 0.6) is 0 Å². The number of carbonyl (C=O) groups is 1. The van der Waals surface area contributed by atoms with E-state index < -0.39 is 5.91 Å². The van der Waals surface area contributed by atoms with E-state index in [1.807, 2.05) is 6.08 Å². The molecule has 0 spiro atoms. The van der Waals surface area contributed by atoms with Gasteiger partial charge in [-0.3, -0.25) is 4.79 Å². The predicted octanol–water partition coefficient (Wildman–Crippen LogP) is 0.915. The molecule has 0 aliphatic carbocycles. The van der Waals surface area contributed by atoms with Gasteiger partial charge in [0.15, 0.2) is 6.10 Å². The van der Waals surface area contributed by atoms with Gasteiger partial charge in [-0.15, -0.1) is 0 Å². The Balaban J connectivity index is 2.20. The summed E-state index contributed by atoms with van der Waals surface area (Å²) >= 11 is 0. The third-order valence-corrected chi connectivity index (χ3v) is 1.71. The lowest BCUT2D eigenvalue weighted by atomic mass is 10.3. The molecule has 5 nitrogen and oxygen atoms in total. The van der Waals surface area contributed by atoms with Gasteiger partial charge >= 0.3 is 0 Å². The first-order chi connectivity index (χ1) is 6.77. The van der Waals surface area contributed by atoms with Crippen molar-refractivity contribution in [3.8, 4) is 0 Å². The summed E-state index contributed by atoms with van der Waals surface area (Å²) in [4.78, 5) is 14.6. The first-order valence-electron chi connectivity index (χ1n) is 4.01. The monoisotopic (exact) mass is 192 g/mol. The molecule has 0 radical (unpaired) electrons. The van der Waals surface area contributed by atoms with Crippen LogP contribution in [0, 0.1) is 0 Å². The summed E-state index contributed by atoms with van der Waals surface area (Å²) in [5.41, 5.74) is 5.01. The second-order valence-corrected chi connectivity index (χ2v) is 2.70. The molecular formula is C9H8N2O3. The van der Waals surface area contributed by atoms with E-state index >= 15 is 0 Å². The lowest BCUT2D eigenvalue weighted by Gasteiger charge is -2.10. The van der Waals surface area contributed by atoms with Crippen molar-refractivity contribution in [2.45, 2.75) is 6.10 Å². The number of carbonyl (C=O) groups excluding carboxylic acids is 1. The normalized spacial score (nSPS) is 19.3. The molecule has 0 bridgehead atoms. The highest BCUT2D eigenvalue weighted by molar-refractivity contribution is 5.89. The second-order valence-electron chi connectivity index (χ2n) is 2.70. The lowest BCUT2D eigenvalue weighted by molar-refractivity contribution is 0.0962. The van der Waals surface area contributed by atoms with Gasteiger partial charge in [-0.05, 0) is 12.2 Å². The number of amides is 1. The molecule has 1 aliphatic heterocycles. The highest BCUT2D eigenvalue weighted by Gasteiger charge is 2.17. The summed E-state index contributed by atoms with van der Waals surface area (Å²) in [5.74, 6) is -0.287. The molecule has 2 rings (SSSR count). The zero-order valence-corrected chi connectivity index (χ0v) is 7.21. The Kier molecular flexibility index (Phi) is 2.06. The number of hydrogen-bond acceptors (Lipinski definition) is 4. The van der Waals surface area contributed by atoms with E-state index in [-0.39, 0.29) is 11.9 Å². The fourth-order valence-electron chi connectivity index (χ4n) is 1.06. The van der Waals surface area contributed by atoms with Crippen LogP contribution in [0.4, 0.5) is 0 Å². The fraction of sp³-hybridized carbons (Fsp3) is 0.111. The summed E-state index contributed by atoms with van der Waals surface area (Å²) < 4.78 is 10.3. The smallest absolute Gasteiger partial charge is 0.286 e. The first kappa shape index (κ1) is 8.55. The minimum Gasteiger partial charge on any atom is -0.484 e. The number of aromatic nitrogens is 1. The largest absolute Gasteiger partial charge is 0.484 e. The maximum absolute atomic E-state index is 10.7. The SMILES string of the molecule is NC(=O)c1cnc(C2C=CC=CO2)o1. The van der Waals surface area contributed by atoms with Crippen LogP contribution in [0.25, 0.3) is 0 Å². The molecule has 72 valence electrons. The fourth-order valence-corrected chi connectivity index (χ4v) is 1.06. The second kappa shape index (κ2) is 3.37. The third-order valence-electron chi connectivity index (χ3n) is 1.71. The zero-order valence-electron chi connectivity index (χ0n) is 7.21. The van der Waals surface area contributed by atoms with Crippen molar-refractivity contribution >= 4 is 5.91 Å². The van der Waals surface area contributed by atoms with E-state index in [1.165, 1.54) is 12.5 Å². The zero-order chi connectivity index (χ0) is 9.97. The van der Waals surface area contributed by atoms with E-state index in [1.54, 1.807) is 12.2 Å². The molecule has 14 heavy (non-hydrogen) atoms. The van der Waals surface area contributed by atoms with Gasteiger partial charge in [0.1, 0.15) is 0 Å². The van der Waals surface area contributed by atoms with Crippen LogP contribution in [0.3, 0.4) is 0 Å². The average molecular weight is 192 g/mol. The van der Waals surface area contributed by atoms with Gasteiger partial charge in [-0.1, -0.05) is 6.08 Å². The van der Waals surface area contributed by atoms with Crippen LogP contribution >= 0.6 is 0 Å². The number of primary amides is 1. The van der Waals surface area contributed by atoms with Crippen molar-refractivity contribution in [2.75, 3.05) is 0 Å². The van der Waals surface area contributed by atoms with Crippen molar-refractivity contribution in [1.82, 2.24) is 4.98 Å². The van der Waals surface area contributed by atoms with Gasteiger partial charge in [0.2, 0.25) is 11.7 Å². The van der Waals surface area contributed by atoms with Crippen LogP contribution < -0.4 is 5.73 Å². The van der Waals surface area contributed by atoms with Crippen molar-refractivity contribution in [3.63, 3.8) is 0 Å². The molecule has 0 saturated carbocycles. The van der Waals surface area contributed by atoms with Crippen LogP contribution in [-0.2, 0) is 4.74 Å². The quantitative estimate of drug-likeness (QED) is 0.755. The Bertz CT molecular complexity index is 406. The molecule has 1 atom stereocenters. The molecule has 2 heterocycles. The molecule has 5 heteroatoms. The number of ether oxygens (including phenoxy) is 1. The van der Waals surface area contributed by atoms with Crippen LogP contribution in [0.2, 0.25) is 0 Å². The molecule has 1 unspecified atom stereocenters. The Morgan fingerprint density at radius 2 is 2.36 bits per heavy atom. The number of nitrogens with two attached hydrogens (primary N) is 1. The highest BCUT2D eigenvalue weighted by atomic mass is 16.5. The molecule has 2 N–H and O–H groups in total. The molecule has 1 aliphatic rings. The summed E-state index contributed by atoms with van der Waals surface area (Å²) in [6.45, 7) is 0. The topological polar surface area (TPSA) is 78.4 Å². The van der Waals surface area contributed by atoms with Crippen molar-refractivity contribution in [1.29, 1.82) is 0 Å². The van der Waals surface area contributed by atoms with E-state index in [4.69, 9.17) is 14.9 Å². The number of allylic oxidation sites excluding steroid dienone is 2. The van der Waals surface area contributed by atoms with E-state index in [0.717, 1.165) is 0 Å². The Hall–Kier alpha value is -2.04. The molecule has 1 amide bonds. The molecule has 0 fully saturated rings. The minimum absolute atomic E-state index is 0.0338. The summed E-state index contributed by atoms with van der Waals surface area (Å²) in [6, 6.07) is 0. The molecule has 0 aromatic carbocycles. The van der Waals surface area contributed by atoms with Gasteiger partial charge in [-0.25, -0.2) is 4.98 Å². The Labute approximate surface area is 79.9 Å². The van der Waals surface area contributed by atoms with E-state index in [2.05, 4.69) is 4.98 Å². The molecular weight excluding hydrogens is 184 g/mol. The lowest BCUT2D eigenvalue weighted by Crippen LogP contribution is -2.09. The highest BCUT2D eigenvalue weighted by Crippen LogP contribution is 2.21. The maximum Gasteiger partial charge on any atom is 0.286 e. The molecule has 1 aromatic heterocycles. The maximum atomic E-state index is 10.7. The van der Waals surface area contributed by atoms with Crippen LogP contribution in [-0.4, -0.2) is 10.9 Å². The van der Waals surface area contributed by atoms with Crippen LogP contribution in [0.15, 0.2) is 35.1 Å². The number of nitrogens with zero attached hydrogens (tertiary/aromatic N) is 1. The third kappa shape index (κ3) is 1.52. The van der Waals surface area contributed by atoms with E-state index in [9.17, 15) is 4.79 Å². The van der Waals surface area contributed by atoms with Gasteiger partial charge < -0.3 is 14.9 Å². The Morgan fingerprint density at radius 1 is 1.50 bits per heavy atom. The molecule has 0 saturated heterocycles.